The Bertz CT molecular complexity index is 802. The van der Waals surface area contributed by atoms with E-state index in [1.165, 1.54) is 0 Å². The Kier molecular flexibility index (Phi) is 5.69. The first-order chi connectivity index (χ1) is 11.5. The Morgan fingerprint density at radius 3 is 2.58 bits per heavy atom. The number of nitriles is 1. The number of carbonyl (C=O) groups excluding carboxylic acids is 1. The van der Waals surface area contributed by atoms with Gasteiger partial charge in [0.25, 0.3) is 5.91 Å². The van der Waals surface area contributed by atoms with E-state index in [9.17, 15) is 4.79 Å². The Hall–Kier alpha value is -3.13. The molecule has 0 saturated heterocycles. The summed E-state index contributed by atoms with van der Waals surface area (Å²) in [6.45, 7) is 5.73. The minimum atomic E-state index is -0.344. The smallest absolute Gasteiger partial charge is 0.277 e. The first-order valence-corrected chi connectivity index (χ1v) is 7.53. The minimum Gasteiger partial charge on any atom is -0.484 e. The molecule has 0 bridgehead atoms. The van der Waals surface area contributed by atoms with Crippen molar-refractivity contribution in [1.82, 2.24) is 5.43 Å². The maximum atomic E-state index is 11.8. The molecule has 5 nitrogen and oxygen atoms in total. The number of ether oxygens (including phenoxy) is 1. The third kappa shape index (κ3) is 4.68. The predicted octanol–water partition coefficient (Wildman–Crippen LogP) is 3.09. The van der Waals surface area contributed by atoms with Crippen LogP contribution in [0.3, 0.4) is 0 Å². The third-order valence-corrected chi connectivity index (χ3v) is 3.48. The molecule has 1 amide bonds. The van der Waals surface area contributed by atoms with Crippen LogP contribution in [0.25, 0.3) is 0 Å². The number of aryl methyl sites for hydroxylation is 2. The maximum Gasteiger partial charge on any atom is 0.277 e. The van der Waals surface area contributed by atoms with Gasteiger partial charge >= 0.3 is 0 Å². The average molecular weight is 321 g/mol. The van der Waals surface area contributed by atoms with E-state index in [-0.39, 0.29) is 12.5 Å². The summed E-state index contributed by atoms with van der Waals surface area (Å²) in [4.78, 5) is 11.8. The number of rotatable bonds is 5. The van der Waals surface area contributed by atoms with Crippen LogP contribution < -0.4 is 10.2 Å². The van der Waals surface area contributed by atoms with E-state index in [0.717, 1.165) is 22.4 Å². The van der Waals surface area contributed by atoms with Crippen LogP contribution in [0, 0.1) is 25.2 Å². The molecule has 122 valence electrons. The van der Waals surface area contributed by atoms with Crippen LogP contribution in [0.5, 0.6) is 5.75 Å². The summed E-state index contributed by atoms with van der Waals surface area (Å²) < 4.78 is 5.36. The first kappa shape index (κ1) is 17.2. The van der Waals surface area contributed by atoms with Gasteiger partial charge in [0.2, 0.25) is 0 Å². The van der Waals surface area contributed by atoms with Gasteiger partial charge in [-0.25, -0.2) is 5.43 Å². The van der Waals surface area contributed by atoms with E-state index in [4.69, 9.17) is 10.00 Å². The summed E-state index contributed by atoms with van der Waals surface area (Å²) in [5.41, 5.74) is 7.02. The van der Waals surface area contributed by atoms with Gasteiger partial charge in [0.1, 0.15) is 5.75 Å². The Morgan fingerprint density at radius 1 is 1.21 bits per heavy atom. The average Bonchev–Trinajstić information content (AvgIpc) is 2.60. The van der Waals surface area contributed by atoms with Crippen molar-refractivity contribution < 1.29 is 9.53 Å². The van der Waals surface area contributed by atoms with Gasteiger partial charge in [-0.15, -0.1) is 0 Å². The van der Waals surface area contributed by atoms with Crippen LogP contribution in [0.15, 0.2) is 47.6 Å². The van der Waals surface area contributed by atoms with Crippen molar-refractivity contribution in [2.75, 3.05) is 6.61 Å². The van der Waals surface area contributed by atoms with E-state index >= 15 is 0 Å². The number of hydrogen-bond donors (Lipinski definition) is 1. The molecule has 0 heterocycles. The fourth-order valence-corrected chi connectivity index (χ4v) is 2.14. The van der Waals surface area contributed by atoms with Gasteiger partial charge in [-0.3, -0.25) is 4.79 Å². The van der Waals surface area contributed by atoms with Gasteiger partial charge in [0, 0.05) is 5.56 Å². The van der Waals surface area contributed by atoms with Crippen molar-refractivity contribution in [3.05, 3.63) is 64.7 Å². The van der Waals surface area contributed by atoms with E-state index in [2.05, 4.69) is 10.5 Å². The Balaban J connectivity index is 1.92. The van der Waals surface area contributed by atoms with Crippen molar-refractivity contribution in [2.24, 2.45) is 5.10 Å². The summed E-state index contributed by atoms with van der Waals surface area (Å²) in [6.07, 6.45) is 0. The third-order valence-electron chi connectivity index (χ3n) is 3.48. The Labute approximate surface area is 141 Å². The molecule has 2 aromatic rings. The molecule has 0 atom stereocenters. The molecule has 2 aromatic carbocycles. The second kappa shape index (κ2) is 7.93. The maximum absolute atomic E-state index is 11.8. The van der Waals surface area contributed by atoms with Crippen molar-refractivity contribution in [3.63, 3.8) is 0 Å². The van der Waals surface area contributed by atoms with Crippen LogP contribution in [0.4, 0.5) is 0 Å². The molecular weight excluding hydrogens is 302 g/mol. The van der Waals surface area contributed by atoms with E-state index in [0.29, 0.717) is 11.3 Å². The summed E-state index contributed by atoms with van der Waals surface area (Å²) in [6, 6.07) is 14.7. The van der Waals surface area contributed by atoms with Gasteiger partial charge in [-0.1, -0.05) is 17.7 Å². The lowest BCUT2D eigenvalue weighted by Gasteiger charge is -2.08. The molecule has 2 rings (SSSR count). The van der Waals surface area contributed by atoms with Crippen LogP contribution >= 0.6 is 0 Å². The van der Waals surface area contributed by atoms with Crippen LogP contribution in [0.1, 0.15) is 29.2 Å². The fourth-order valence-electron chi connectivity index (χ4n) is 2.14. The molecule has 1 N–H and O–H groups in total. The molecular formula is C19H19N3O2. The van der Waals surface area contributed by atoms with Crippen molar-refractivity contribution >= 4 is 11.6 Å². The van der Waals surface area contributed by atoms with Crippen molar-refractivity contribution in [3.8, 4) is 11.8 Å². The zero-order valence-electron chi connectivity index (χ0n) is 14.0. The van der Waals surface area contributed by atoms with Gasteiger partial charge in [0.15, 0.2) is 6.61 Å². The molecule has 0 aliphatic heterocycles. The highest BCUT2D eigenvalue weighted by molar-refractivity contribution is 6.00. The topological polar surface area (TPSA) is 74.5 Å². The molecule has 24 heavy (non-hydrogen) atoms. The van der Waals surface area contributed by atoms with E-state index < -0.39 is 0 Å². The molecule has 0 saturated carbocycles. The molecule has 0 aliphatic rings. The highest BCUT2D eigenvalue weighted by Gasteiger charge is 2.05. The second-order valence-electron chi connectivity index (χ2n) is 5.48. The molecule has 0 radical (unpaired) electrons. The molecule has 0 aliphatic carbocycles. The van der Waals surface area contributed by atoms with Crippen molar-refractivity contribution in [1.29, 1.82) is 5.26 Å². The lowest BCUT2D eigenvalue weighted by atomic mass is 10.0. The van der Waals surface area contributed by atoms with E-state index in [1.807, 2.05) is 45.0 Å². The van der Waals surface area contributed by atoms with Crippen LogP contribution in [-0.2, 0) is 4.79 Å². The minimum absolute atomic E-state index is 0.143. The normalized spacial score (nSPS) is 10.8. The summed E-state index contributed by atoms with van der Waals surface area (Å²) in [5, 5.41) is 12.9. The summed E-state index contributed by atoms with van der Waals surface area (Å²) in [5.74, 6) is 0.184. The number of carbonyl (C=O) groups is 1. The fraction of sp³-hybridized carbons (Fsp3) is 0.211. The Morgan fingerprint density at radius 2 is 1.92 bits per heavy atom. The van der Waals surface area contributed by atoms with Crippen LogP contribution in [-0.4, -0.2) is 18.2 Å². The number of hydrazone groups is 1. The quantitative estimate of drug-likeness (QED) is 0.679. The first-order valence-electron chi connectivity index (χ1n) is 7.53. The SMILES string of the molecule is C/C(=N/NC(=O)COc1ccc(C#N)cc1)c1cc(C)ccc1C. The lowest BCUT2D eigenvalue weighted by Crippen LogP contribution is -2.25. The van der Waals surface area contributed by atoms with Crippen molar-refractivity contribution in [2.45, 2.75) is 20.8 Å². The number of nitrogens with one attached hydrogen (secondary N) is 1. The zero-order valence-corrected chi connectivity index (χ0v) is 14.0. The second-order valence-corrected chi connectivity index (χ2v) is 5.48. The standard InChI is InChI=1S/C19H19N3O2/c1-13-4-5-14(2)18(10-13)15(3)21-22-19(23)12-24-17-8-6-16(11-20)7-9-17/h4-10H,12H2,1-3H3,(H,22,23)/b21-15-. The number of amides is 1. The van der Waals surface area contributed by atoms with Crippen LogP contribution in [0.2, 0.25) is 0 Å². The lowest BCUT2D eigenvalue weighted by molar-refractivity contribution is -0.123. The summed E-state index contributed by atoms with van der Waals surface area (Å²) in [7, 11) is 0. The summed E-state index contributed by atoms with van der Waals surface area (Å²) >= 11 is 0. The van der Waals surface area contributed by atoms with Gasteiger partial charge < -0.3 is 4.74 Å². The van der Waals surface area contributed by atoms with Gasteiger partial charge in [-0.05, 0) is 56.7 Å². The van der Waals surface area contributed by atoms with Gasteiger partial charge in [0.05, 0.1) is 17.3 Å². The molecule has 0 fully saturated rings. The zero-order chi connectivity index (χ0) is 17.5. The number of hydrogen-bond acceptors (Lipinski definition) is 4. The highest BCUT2D eigenvalue weighted by Crippen LogP contribution is 2.12. The largest absolute Gasteiger partial charge is 0.484 e. The number of nitrogens with zero attached hydrogens (tertiary/aromatic N) is 2. The monoisotopic (exact) mass is 321 g/mol. The highest BCUT2D eigenvalue weighted by atomic mass is 16.5. The molecule has 0 unspecified atom stereocenters. The molecule has 0 aromatic heterocycles. The van der Waals surface area contributed by atoms with Gasteiger partial charge in [-0.2, -0.15) is 10.4 Å². The molecule has 5 heteroatoms. The predicted molar refractivity (Wildman–Crippen MR) is 92.9 cm³/mol. The number of benzene rings is 2. The van der Waals surface area contributed by atoms with E-state index in [1.54, 1.807) is 24.3 Å². The molecule has 0 spiro atoms.